The summed E-state index contributed by atoms with van der Waals surface area (Å²) in [6.07, 6.45) is 1.77. The number of carbonyl (C=O) groups excluding carboxylic acids is 1. The standard InChI is InChI=1S/C17H14N2O/c1-13-12-16(14-8-4-2-5-9-14)17(20)19(18-13)15-10-6-3-7-11-15/h2-12,18H,1H2. The first kappa shape index (κ1) is 12.2. The third kappa shape index (κ3) is 2.21. The van der Waals surface area contributed by atoms with Crippen LogP contribution in [-0.2, 0) is 4.79 Å². The van der Waals surface area contributed by atoms with Crippen LogP contribution in [0.2, 0.25) is 0 Å². The molecule has 0 radical (unpaired) electrons. The molecule has 1 heterocycles. The summed E-state index contributed by atoms with van der Waals surface area (Å²) in [6, 6.07) is 19.1. The summed E-state index contributed by atoms with van der Waals surface area (Å²) in [6.45, 7) is 3.92. The summed E-state index contributed by atoms with van der Waals surface area (Å²) in [4.78, 5) is 12.6. The van der Waals surface area contributed by atoms with Crippen molar-refractivity contribution in [3.63, 3.8) is 0 Å². The summed E-state index contributed by atoms with van der Waals surface area (Å²) in [5.74, 6) is -0.0881. The minimum atomic E-state index is -0.0881. The third-order valence-corrected chi connectivity index (χ3v) is 3.11. The van der Waals surface area contributed by atoms with Gasteiger partial charge in [0.25, 0.3) is 5.91 Å². The number of hydrogen-bond donors (Lipinski definition) is 1. The maximum atomic E-state index is 12.6. The fraction of sp³-hybridized carbons (Fsp3) is 0. The highest BCUT2D eigenvalue weighted by atomic mass is 16.2. The molecule has 0 fully saturated rings. The van der Waals surface area contributed by atoms with Crippen molar-refractivity contribution in [3.8, 4) is 0 Å². The van der Waals surface area contributed by atoms with Crippen LogP contribution in [0.3, 0.4) is 0 Å². The van der Waals surface area contributed by atoms with E-state index in [2.05, 4.69) is 12.0 Å². The van der Waals surface area contributed by atoms with Gasteiger partial charge in [-0.25, -0.2) is 5.01 Å². The lowest BCUT2D eigenvalue weighted by molar-refractivity contribution is -0.114. The average molecular weight is 262 g/mol. The first-order chi connectivity index (χ1) is 9.75. The molecule has 98 valence electrons. The zero-order chi connectivity index (χ0) is 13.9. The number of amides is 1. The van der Waals surface area contributed by atoms with Crippen molar-refractivity contribution < 1.29 is 4.79 Å². The van der Waals surface area contributed by atoms with E-state index in [1.165, 1.54) is 5.01 Å². The number of allylic oxidation sites excluding steroid dienone is 1. The van der Waals surface area contributed by atoms with Gasteiger partial charge in [0, 0.05) is 5.70 Å². The first-order valence-corrected chi connectivity index (χ1v) is 6.38. The molecule has 1 aliphatic rings. The van der Waals surface area contributed by atoms with Gasteiger partial charge in [-0.05, 0) is 23.8 Å². The highest BCUT2D eigenvalue weighted by molar-refractivity contribution is 6.27. The zero-order valence-corrected chi connectivity index (χ0v) is 10.9. The SMILES string of the molecule is C=C1C=C(c2ccccc2)C(=O)N(c2ccccc2)N1. The van der Waals surface area contributed by atoms with Crippen LogP contribution in [0.15, 0.2) is 79.0 Å². The monoisotopic (exact) mass is 262 g/mol. The van der Waals surface area contributed by atoms with Crippen molar-refractivity contribution in [1.82, 2.24) is 5.43 Å². The fourth-order valence-electron chi connectivity index (χ4n) is 2.17. The summed E-state index contributed by atoms with van der Waals surface area (Å²) in [7, 11) is 0. The van der Waals surface area contributed by atoms with Crippen LogP contribution in [0, 0.1) is 0 Å². The molecular weight excluding hydrogens is 248 g/mol. The smallest absolute Gasteiger partial charge is 0.277 e. The topological polar surface area (TPSA) is 32.3 Å². The highest BCUT2D eigenvalue weighted by Gasteiger charge is 2.25. The molecule has 0 saturated carbocycles. The van der Waals surface area contributed by atoms with Gasteiger partial charge < -0.3 is 0 Å². The Morgan fingerprint density at radius 3 is 2.15 bits per heavy atom. The summed E-state index contributed by atoms with van der Waals surface area (Å²) >= 11 is 0. The number of hydrazine groups is 1. The number of benzene rings is 2. The molecule has 0 bridgehead atoms. The molecule has 0 atom stereocenters. The third-order valence-electron chi connectivity index (χ3n) is 3.11. The first-order valence-electron chi connectivity index (χ1n) is 6.38. The molecule has 2 aromatic rings. The van der Waals surface area contributed by atoms with E-state index in [1.54, 1.807) is 6.08 Å². The van der Waals surface area contributed by atoms with Crippen molar-refractivity contribution >= 4 is 17.2 Å². The number of hydrogen-bond acceptors (Lipinski definition) is 2. The minimum absolute atomic E-state index is 0.0881. The van der Waals surface area contributed by atoms with Crippen LogP contribution < -0.4 is 10.4 Å². The lowest BCUT2D eigenvalue weighted by Gasteiger charge is -2.29. The second kappa shape index (κ2) is 5.05. The van der Waals surface area contributed by atoms with E-state index in [1.807, 2.05) is 60.7 Å². The van der Waals surface area contributed by atoms with Gasteiger partial charge in [-0.3, -0.25) is 10.2 Å². The maximum Gasteiger partial charge on any atom is 0.277 e. The Balaban J connectivity index is 2.01. The van der Waals surface area contributed by atoms with E-state index < -0.39 is 0 Å². The minimum Gasteiger partial charge on any atom is -0.292 e. The van der Waals surface area contributed by atoms with E-state index in [0.717, 1.165) is 11.3 Å². The molecular formula is C17H14N2O. The van der Waals surface area contributed by atoms with Crippen LogP contribution in [0.1, 0.15) is 5.56 Å². The Labute approximate surface area is 117 Å². The molecule has 0 unspecified atom stereocenters. The Morgan fingerprint density at radius 1 is 0.900 bits per heavy atom. The number of nitrogens with zero attached hydrogens (tertiary/aromatic N) is 1. The van der Waals surface area contributed by atoms with Gasteiger partial charge in [0.1, 0.15) is 0 Å². The van der Waals surface area contributed by atoms with Crippen molar-refractivity contribution in [3.05, 3.63) is 84.6 Å². The Bertz CT molecular complexity index is 675. The van der Waals surface area contributed by atoms with Crippen molar-refractivity contribution in [2.75, 3.05) is 5.01 Å². The van der Waals surface area contributed by atoms with E-state index >= 15 is 0 Å². The molecule has 3 rings (SSSR count). The molecule has 1 aliphatic heterocycles. The lowest BCUT2D eigenvalue weighted by atomic mass is 10.0. The van der Waals surface area contributed by atoms with Crippen LogP contribution in [0.4, 0.5) is 5.69 Å². The predicted octanol–water partition coefficient (Wildman–Crippen LogP) is 3.14. The van der Waals surface area contributed by atoms with E-state index in [9.17, 15) is 4.79 Å². The Hall–Kier alpha value is -2.81. The number of anilines is 1. The predicted molar refractivity (Wildman–Crippen MR) is 80.6 cm³/mol. The number of carbonyl (C=O) groups is 1. The Kier molecular flexibility index (Phi) is 3.09. The van der Waals surface area contributed by atoms with Crippen LogP contribution in [0.25, 0.3) is 5.57 Å². The molecule has 0 aromatic heterocycles. The molecule has 3 heteroatoms. The van der Waals surface area contributed by atoms with Gasteiger partial charge in [0.2, 0.25) is 0 Å². The molecule has 0 spiro atoms. The molecule has 0 aliphatic carbocycles. The maximum absolute atomic E-state index is 12.6. The highest BCUT2D eigenvalue weighted by Crippen LogP contribution is 2.25. The number of nitrogens with one attached hydrogen (secondary N) is 1. The second-order valence-electron chi connectivity index (χ2n) is 4.54. The van der Waals surface area contributed by atoms with E-state index in [-0.39, 0.29) is 5.91 Å². The van der Waals surface area contributed by atoms with Gasteiger partial charge in [-0.2, -0.15) is 0 Å². The molecule has 20 heavy (non-hydrogen) atoms. The van der Waals surface area contributed by atoms with Crippen molar-refractivity contribution in [2.45, 2.75) is 0 Å². The lowest BCUT2D eigenvalue weighted by Crippen LogP contribution is -2.45. The van der Waals surface area contributed by atoms with Gasteiger partial charge >= 0.3 is 0 Å². The average Bonchev–Trinajstić information content (AvgIpc) is 2.51. The molecule has 1 amide bonds. The summed E-state index contributed by atoms with van der Waals surface area (Å²) < 4.78 is 0. The van der Waals surface area contributed by atoms with Crippen molar-refractivity contribution in [2.24, 2.45) is 0 Å². The largest absolute Gasteiger partial charge is 0.292 e. The van der Waals surface area contributed by atoms with E-state index in [0.29, 0.717) is 11.3 Å². The van der Waals surface area contributed by atoms with Crippen molar-refractivity contribution in [1.29, 1.82) is 0 Å². The molecule has 3 nitrogen and oxygen atoms in total. The summed E-state index contributed by atoms with van der Waals surface area (Å²) in [5.41, 5.74) is 6.00. The number of para-hydroxylation sites is 1. The van der Waals surface area contributed by atoms with Gasteiger partial charge in [0.05, 0.1) is 11.3 Å². The second-order valence-corrected chi connectivity index (χ2v) is 4.54. The fourth-order valence-corrected chi connectivity index (χ4v) is 2.17. The van der Waals surface area contributed by atoms with Crippen LogP contribution in [-0.4, -0.2) is 5.91 Å². The Morgan fingerprint density at radius 2 is 1.50 bits per heavy atom. The van der Waals surface area contributed by atoms with Crippen LogP contribution >= 0.6 is 0 Å². The summed E-state index contributed by atoms with van der Waals surface area (Å²) in [5, 5.41) is 1.52. The quantitative estimate of drug-likeness (QED) is 0.901. The van der Waals surface area contributed by atoms with Crippen LogP contribution in [0.5, 0.6) is 0 Å². The normalized spacial score (nSPS) is 14.8. The zero-order valence-electron chi connectivity index (χ0n) is 10.9. The van der Waals surface area contributed by atoms with Gasteiger partial charge in [-0.15, -0.1) is 0 Å². The molecule has 1 N–H and O–H groups in total. The molecule has 2 aromatic carbocycles. The van der Waals surface area contributed by atoms with Gasteiger partial charge in [0.15, 0.2) is 0 Å². The van der Waals surface area contributed by atoms with Gasteiger partial charge in [-0.1, -0.05) is 55.1 Å². The number of rotatable bonds is 2. The molecule has 0 saturated heterocycles. The van der Waals surface area contributed by atoms with E-state index in [4.69, 9.17) is 0 Å².